The number of oxazole rings is 1. The van der Waals surface area contributed by atoms with Crippen LogP contribution >= 0.6 is 11.6 Å². The molecule has 0 bridgehead atoms. The molecule has 0 aliphatic heterocycles. The molecule has 0 saturated carbocycles. The topological polar surface area (TPSA) is 55.1 Å². The van der Waals surface area contributed by atoms with E-state index in [0.29, 0.717) is 16.7 Å². The second-order valence-electron chi connectivity index (χ2n) is 3.78. The van der Waals surface area contributed by atoms with E-state index in [2.05, 4.69) is 10.3 Å². The van der Waals surface area contributed by atoms with Crippen molar-refractivity contribution in [2.45, 2.75) is 19.9 Å². The molecule has 0 saturated heterocycles. The molecule has 2 aromatic rings. The van der Waals surface area contributed by atoms with Crippen molar-refractivity contribution in [3.8, 4) is 0 Å². The SMILES string of the molecule is CC(C)NC(=O)c1ccc2nc(Cl)oc2c1. The van der Waals surface area contributed by atoms with Gasteiger partial charge in [-0.25, -0.2) is 0 Å². The van der Waals surface area contributed by atoms with Crippen LogP contribution in [0.4, 0.5) is 0 Å². The highest BCUT2D eigenvalue weighted by molar-refractivity contribution is 6.28. The number of hydrogen-bond acceptors (Lipinski definition) is 3. The normalized spacial score (nSPS) is 11.0. The first-order valence-corrected chi connectivity index (χ1v) is 5.31. The Labute approximate surface area is 97.6 Å². The third-order valence-electron chi connectivity index (χ3n) is 2.04. The largest absolute Gasteiger partial charge is 0.428 e. The fraction of sp³-hybridized carbons (Fsp3) is 0.273. The lowest BCUT2D eigenvalue weighted by Gasteiger charge is -2.07. The Morgan fingerprint density at radius 3 is 2.94 bits per heavy atom. The van der Waals surface area contributed by atoms with Crippen molar-refractivity contribution in [1.82, 2.24) is 10.3 Å². The number of nitrogens with one attached hydrogen (secondary N) is 1. The molecule has 1 aromatic heterocycles. The summed E-state index contributed by atoms with van der Waals surface area (Å²) in [6.07, 6.45) is 0. The van der Waals surface area contributed by atoms with E-state index in [1.54, 1.807) is 18.2 Å². The predicted octanol–water partition coefficient (Wildman–Crippen LogP) is 2.62. The minimum atomic E-state index is -0.135. The van der Waals surface area contributed by atoms with Crippen LogP contribution in [0.3, 0.4) is 0 Å². The van der Waals surface area contributed by atoms with Gasteiger partial charge in [0.25, 0.3) is 11.3 Å². The van der Waals surface area contributed by atoms with Crippen LogP contribution in [0.25, 0.3) is 11.1 Å². The summed E-state index contributed by atoms with van der Waals surface area (Å²) < 4.78 is 5.14. The first-order valence-electron chi connectivity index (χ1n) is 4.93. The zero-order valence-corrected chi connectivity index (χ0v) is 9.71. The lowest BCUT2D eigenvalue weighted by atomic mass is 10.2. The summed E-state index contributed by atoms with van der Waals surface area (Å²) in [5, 5.41) is 2.88. The van der Waals surface area contributed by atoms with E-state index in [4.69, 9.17) is 16.0 Å². The fourth-order valence-corrected chi connectivity index (χ4v) is 1.56. The first kappa shape index (κ1) is 11.0. The molecule has 0 aliphatic rings. The number of nitrogens with zero attached hydrogens (tertiary/aromatic N) is 1. The Hall–Kier alpha value is -1.55. The van der Waals surface area contributed by atoms with Crippen LogP contribution in [0, 0.1) is 0 Å². The molecule has 4 nitrogen and oxygen atoms in total. The average molecular weight is 239 g/mol. The standard InChI is InChI=1S/C11H11ClN2O2/c1-6(2)13-10(15)7-3-4-8-9(5-7)16-11(12)14-8/h3-6H,1-2H3,(H,13,15). The Bertz CT molecular complexity index is 534. The van der Waals surface area contributed by atoms with Crippen molar-refractivity contribution in [3.63, 3.8) is 0 Å². The molecular formula is C11H11ClN2O2. The Morgan fingerprint density at radius 2 is 2.25 bits per heavy atom. The molecule has 5 heteroatoms. The molecule has 1 heterocycles. The molecule has 0 unspecified atom stereocenters. The first-order chi connectivity index (χ1) is 7.56. The van der Waals surface area contributed by atoms with E-state index in [0.717, 1.165) is 0 Å². The van der Waals surface area contributed by atoms with Crippen molar-refractivity contribution in [2.75, 3.05) is 0 Å². The van der Waals surface area contributed by atoms with Crippen LogP contribution in [-0.4, -0.2) is 16.9 Å². The van der Waals surface area contributed by atoms with E-state index in [1.165, 1.54) is 0 Å². The predicted molar refractivity (Wildman–Crippen MR) is 61.6 cm³/mol. The van der Waals surface area contributed by atoms with Gasteiger partial charge in [-0.05, 0) is 43.6 Å². The van der Waals surface area contributed by atoms with Gasteiger partial charge in [-0.1, -0.05) is 0 Å². The molecule has 16 heavy (non-hydrogen) atoms. The zero-order valence-electron chi connectivity index (χ0n) is 8.95. The number of amides is 1. The van der Waals surface area contributed by atoms with Gasteiger partial charge >= 0.3 is 0 Å². The summed E-state index contributed by atoms with van der Waals surface area (Å²) in [6.45, 7) is 3.81. The molecule has 0 radical (unpaired) electrons. The molecule has 0 atom stereocenters. The van der Waals surface area contributed by atoms with Gasteiger partial charge in [-0.3, -0.25) is 4.79 Å². The summed E-state index contributed by atoms with van der Waals surface area (Å²) >= 11 is 5.62. The van der Waals surface area contributed by atoms with Crippen LogP contribution in [-0.2, 0) is 0 Å². The molecular weight excluding hydrogens is 228 g/mol. The second kappa shape index (κ2) is 4.14. The molecule has 0 spiro atoms. The van der Waals surface area contributed by atoms with Crippen molar-refractivity contribution in [1.29, 1.82) is 0 Å². The molecule has 1 N–H and O–H groups in total. The summed E-state index contributed by atoms with van der Waals surface area (Å²) in [7, 11) is 0. The van der Waals surface area contributed by atoms with Gasteiger partial charge in [0.1, 0.15) is 5.52 Å². The highest BCUT2D eigenvalue weighted by Gasteiger charge is 2.10. The molecule has 0 aliphatic carbocycles. The second-order valence-corrected chi connectivity index (χ2v) is 4.10. The lowest BCUT2D eigenvalue weighted by molar-refractivity contribution is 0.0943. The zero-order chi connectivity index (χ0) is 11.7. The van der Waals surface area contributed by atoms with E-state index in [1.807, 2.05) is 13.8 Å². The van der Waals surface area contributed by atoms with Crippen molar-refractivity contribution in [3.05, 3.63) is 29.1 Å². The van der Waals surface area contributed by atoms with Crippen molar-refractivity contribution < 1.29 is 9.21 Å². The summed E-state index contributed by atoms with van der Waals surface area (Å²) in [4.78, 5) is 15.6. The molecule has 1 amide bonds. The monoisotopic (exact) mass is 238 g/mol. The maximum absolute atomic E-state index is 11.7. The minimum Gasteiger partial charge on any atom is -0.428 e. The van der Waals surface area contributed by atoms with Gasteiger partial charge in [-0.15, -0.1) is 0 Å². The molecule has 2 rings (SSSR count). The number of carbonyl (C=O) groups is 1. The summed E-state index contributed by atoms with van der Waals surface area (Å²) in [6, 6.07) is 5.13. The van der Waals surface area contributed by atoms with Crippen LogP contribution in [0.15, 0.2) is 22.6 Å². The van der Waals surface area contributed by atoms with Gasteiger partial charge in [0, 0.05) is 11.6 Å². The van der Waals surface area contributed by atoms with E-state index in [9.17, 15) is 4.79 Å². The van der Waals surface area contributed by atoms with E-state index >= 15 is 0 Å². The van der Waals surface area contributed by atoms with Gasteiger partial charge < -0.3 is 9.73 Å². The molecule has 0 fully saturated rings. The molecule has 84 valence electrons. The number of rotatable bonds is 2. The Morgan fingerprint density at radius 1 is 1.50 bits per heavy atom. The van der Waals surface area contributed by atoms with Gasteiger partial charge in [-0.2, -0.15) is 4.98 Å². The number of benzene rings is 1. The summed E-state index contributed by atoms with van der Waals surface area (Å²) in [5.41, 5.74) is 1.70. The number of fused-ring (bicyclic) bond motifs is 1. The van der Waals surface area contributed by atoms with Crippen molar-refractivity contribution in [2.24, 2.45) is 0 Å². The third-order valence-corrected chi connectivity index (χ3v) is 2.21. The van der Waals surface area contributed by atoms with Crippen LogP contribution < -0.4 is 5.32 Å². The van der Waals surface area contributed by atoms with Gasteiger partial charge in [0.15, 0.2) is 5.58 Å². The average Bonchev–Trinajstić information content (AvgIpc) is 2.55. The highest BCUT2D eigenvalue weighted by atomic mass is 35.5. The van der Waals surface area contributed by atoms with Crippen LogP contribution in [0.5, 0.6) is 0 Å². The van der Waals surface area contributed by atoms with Gasteiger partial charge in [0.05, 0.1) is 0 Å². The Kier molecular flexibility index (Phi) is 2.83. The highest BCUT2D eigenvalue weighted by Crippen LogP contribution is 2.19. The number of halogens is 1. The smallest absolute Gasteiger partial charge is 0.293 e. The fourth-order valence-electron chi connectivity index (χ4n) is 1.38. The minimum absolute atomic E-state index is 0.0800. The Balaban J connectivity index is 2.35. The van der Waals surface area contributed by atoms with E-state index < -0.39 is 0 Å². The van der Waals surface area contributed by atoms with Gasteiger partial charge in [0.2, 0.25) is 0 Å². The maximum Gasteiger partial charge on any atom is 0.293 e. The van der Waals surface area contributed by atoms with Crippen molar-refractivity contribution >= 4 is 28.6 Å². The van der Waals surface area contributed by atoms with E-state index in [-0.39, 0.29) is 17.3 Å². The lowest BCUT2D eigenvalue weighted by Crippen LogP contribution is -2.29. The summed E-state index contributed by atoms with van der Waals surface area (Å²) in [5.74, 6) is -0.135. The number of aromatic nitrogens is 1. The third kappa shape index (κ3) is 2.17. The molecule has 1 aromatic carbocycles. The van der Waals surface area contributed by atoms with Crippen LogP contribution in [0.1, 0.15) is 24.2 Å². The number of carbonyl (C=O) groups excluding carboxylic acids is 1. The van der Waals surface area contributed by atoms with Crippen LogP contribution in [0.2, 0.25) is 5.35 Å². The quantitative estimate of drug-likeness (QED) is 0.875. The maximum atomic E-state index is 11.7. The number of hydrogen-bond donors (Lipinski definition) is 1.